The molecule has 196 valence electrons. The molecule has 0 bridgehead atoms. The lowest BCUT2D eigenvalue weighted by atomic mass is 10.0. The van der Waals surface area contributed by atoms with Crippen LogP contribution >= 0.6 is 0 Å². The number of hydrogen-bond donors (Lipinski definition) is 1. The van der Waals surface area contributed by atoms with Crippen LogP contribution in [-0.2, 0) is 11.2 Å². The zero-order valence-corrected chi connectivity index (χ0v) is 21.6. The van der Waals surface area contributed by atoms with Crippen LogP contribution in [0.4, 0.5) is 0 Å². The smallest absolute Gasteiger partial charge is 0.290 e. The molecule has 37 heavy (non-hydrogen) atoms. The highest BCUT2D eigenvalue weighted by atomic mass is 16.5. The van der Waals surface area contributed by atoms with E-state index >= 15 is 0 Å². The van der Waals surface area contributed by atoms with Crippen LogP contribution in [0.5, 0.6) is 17.2 Å². The number of carbonyl (C=O) groups excluding carboxylic acids is 2. The number of nitrogens with one attached hydrogen (secondary N) is 1. The first kappa shape index (κ1) is 26.1. The lowest BCUT2D eigenvalue weighted by Gasteiger charge is -2.32. The highest BCUT2D eigenvalue weighted by Gasteiger charge is 2.35. The second kappa shape index (κ2) is 12.3. The second-order valence-electron chi connectivity index (χ2n) is 9.06. The van der Waals surface area contributed by atoms with Crippen molar-refractivity contribution in [3.05, 3.63) is 77.7 Å². The van der Waals surface area contributed by atoms with E-state index in [2.05, 4.69) is 5.32 Å². The molecule has 0 aliphatic heterocycles. The van der Waals surface area contributed by atoms with E-state index < -0.39 is 6.04 Å². The molecule has 1 aromatic heterocycles. The Morgan fingerprint density at radius 3 is 2.22 bits per heavy atom. The Morgan fingerprint density at radius 1 is 0.973 bits per heavy atom. The molecule has 2 aromatic carbocycles. The molecule has 1 fully saturated rings. The minimum atomic E-state index is -0.949. The Kier molecular flexibility index (Phi) is 8.72. The van der Waals surface area contributed by atoms with Crippen molar-refractivity contribution in [1.29, 1.82) is 0 Å². The molecule has 1 unspecified atom stereocenters. The van der Waals surface area contributed by atoms with E-state index in [0.29, 0.717) is 35.8 Å². The highest BCUT2D eigenvalue weighted by Crippen LogP contribution is 2.41. The van der Waals surface area contributed by atoms with Gasteiger partial charge in [0.05, 0.1) is 27.6 Å². The zero-order chi connectivity index (χ0) is 26.2. The molecular formula is C29H34N2O6. The van der Waals surface area contributed by atoms with Gasteiger partial charge >= 0.3 is 0 Å². The molecule has 1 aliphatic rings. The van der Waals surface area contributed by atoms with Crippen LogP contribution in [0, 0.1) is 0 Å². The Labute approximate surface area is 217 Å². The summed E-state index contributed by atoms with van der Waals surface area (Å²) >= 11 is 0. The lowest BCUT2D eigenvalue weighted by Crippen LogP contribution is -2.46. The molecule has 1 saturated carbocycles. The predicted molar refractivity (Wildman–Crippen MR) is 139 cm³/mol. The van der Waals surface area contributed by atoms with Crippen molar-refractivity contribution in [2.24, 2.45) is 0 Å². The van der Waals surface area contributed by atoms with E-state index in [-0.39, 0.29) is 23.6 Å². The fourth-order valence-electron chi connectivity index (χ4n) is 4.87. The molecule has 3 aromatic rings. The van der Waals surface area contributed by atoms with Crippen molar-refractivity contribution in [1.82, 2.24) is 10.2 Å². The number of ether oxygens (including phenoxy) is 3. The van der Waals surface area contributed by atoms with Gasteiger partial charge < -0.3 is 28.8 Å². The summed E-state index contributed by atoms with van der Waals surface area (Å²) in [6.45, 7) is 0.295. The van der Waals surface area contributed by atoms with Crippen molar-refractivity contribution < 1.29 is 28.2 Å². The summed E-state index contributed by atoms with van der Waals surface area (Å²) in [5.41, 5.74) is 1.61. The number of benzene rings is 2. The van der Waals surface area contributed by atoms with Crippen LogP contribution in [0.15, 0.2) is 65.3 Å². The third kappa shape index (κ3) is 6.07. The van der Waals surface area contributed by atoms with Gasteiger partial charge in [-0.2, -0.15) is 0 Å². The summed E-state index contributed by atoms with van der Waals surface area (Å²) in [6.07, 6.45) is 6.00. The summed E-state index contributed by atoms with van der Waals surface area (Å²) in [6, 6.07) is 15.7. The monoisotopic (exact) mass is 506 g/mol. The van der Waals surface area contributed by atoms with Crippen LogP contribution in [0.2, 0.25) is 0 Å². The highest BCUT2D eigenvalue weighted by molar-refractivity contribution is 5.96. The van der Waals surface area contributed by atoms with Gasteiger partial charge in [-0.05, 0) is 54.7 Å². The van der Waals surface area contributed by atoms with E-state index in [1.807, 2.05) is 30.3 Å². The van der Waals surface area contributed by atoms with Gasteiger partial charge in [-0.15, -0.1) is 0 Å². The molecule has 0 saturated heterocycles. The first-order valence-electron chi connectivity index (χ1n) is 12.5. The molecule has 0 radical (unpaired) electrons. The molecule has 1 heterocycles. The van der Waals surface area contributed by atoms with E-state index in [0.717, 1.165) is 31.2 Å². The van der Waals surface area contributed by atoms with Crippen LogP contribution in [-0.4, -0.2) is 50.6 Å². The summed E-state index contributed by atoms with van der Waals surface area (Å²) in [4.78, 5) is 29.3. The largest absolute Gasteiger partial charge is 0.493 e. The van der Waals surface area contributed by atoms with Crippen LogP contribution in [0.3, 0.4) is 0 Å². The van der Waals surface area contributed by atoms with Gasteiger partial charge in [0, 0.05) is 12.6 Å². The number of amides is 2. The number of carbonyl (C=O) groups is 2. The van der Waals surface area contributed by atoms with Crippen LogP contribution < -0.4 is 19.5 Å². The topological polar surface area (TPSA) is 90.2 Å². The lowest BCUT2D eigenvalue weighted by molar-refractivity contribution is -0.126. The molecule has 1 atom stereocenters. The molecule has 1 aliphatic carbocycles. The zero-order valence-electron chi connectivity index (χ0n) is 21.6. The van der Waals surface area contributed by atoms with Gasteiger partial charge in [0.2, 0.25) is 11.7 Å². The van der Waals surface area contributed by atoms with Gasteiger partial charge in [0.25, 0.3) is 5.91 Å². The minimum Gasteiger partial charge on any atom is -0.493 e. The molecule has 4 rings (SSSR count). The van der Waals surface area contributed by atoms with Gasteiger partial charge in [-0.3, -0.25) is 9.59 Å². The Bertz CT molecular complexity index is 1150. The Morgan fingerprint density at radius 2 is 1.65 bits per heavy atom. The van der Waals surface area contributed by atoms with E-state index in [4.69, 9.17) is 18.6 Å². The quantitative estimate of drug-likeness (QED) is 0.402. The van der Waals surface area contributed by atoms with Crippen molar-refractivity contribution >= 4 is 11.8 Å². The average molecular weight is 507 g/mol. The van der Waals surface area contributed by atoms with Crippen molar-refractivity contribution in [2.75, 3.05) is 27.9 Å². The van der Waals surface area contributed by atoms with Gasteiger partial charge in [-0.1, -0.05) is 43.2 Å². The molecule has 8 heteroatoms. The number of nitrogens with zero attached hydrogens (tertiary/aromatic N) is 1. The average Bonchev–Trinajstić information content (AvgIpc) is 3.65. The van der Waals surface area contributed by atoms with E-state index in [1.165, 1.54) is 27.6 Å². The van der Waals surface area contributed by atoms with Crippen LogP contribution in [0.25, 0.3) is 0 Å². The number of furan rings is 1. The first-order valence-corrected chi connectivity index (χ1v) is 12.5. The fraction of sp³-hybridized carbons (Fsp3) is 0.379. The molecular weight excluding hydrogens is 472 g/mol. The summed E-state index contributed by atoms with van der Waals surface area (Å²) in [5.74, 6) is 0.763. The normalized spacial score (nSPS) is 14.1. The maximum absolute atomic E-state index is 13.9. The predicted octanol–water partition coefficient (Wildman–Crippen LogP) is 4.79. The maximum Gasteiger partial charge on any atom is 0.290 e. The van der Waals surface area contributed by atoms with Crippen molar-refractivity contribution in [2.45, 2.75) is 44.2 Å². The summed E-state index contributed by atoms with van der Waals surface area (Å²) in [5, 5.41) is 3.18. The third-order valence-corrected chi connectivity index (χ3v) is 6.74. The Hall–Kier alpha value is -3.94. The molecule has 8 nitrogen and oxygen atoms in total. The van der Waals surface area contributed by atoms with Crippen molar-refractivity contribution in [3.63, 3.8) is 0 Å². The SMILES string of the molecule is COc1cc(C(C(=O)NC2CCCC2)N(CCc2ccccc2)C(=O)c2ccco2)cc(OC)c1OC. The van der Waals surface area contributed by atoms with Gasteiger partial charge in [0.15, 0.2) is 17.3 Å². The number of methoxy groups -OCH3 is 3. The van der Waals surface area contributed by atoms with Gasteiger partial charge in [-0.25, -0.2) is 0 Å². The summed E-state index contributed by atoms with van der Waals surface area (Å²) in [7, 11) is 4.57. The number of rotatable bonds is 11. The standard InChI is InChI=1S/C29H34N2O6/c1-34-24-18-21(19-25(35-2)27(24)36-3)26(28(32)30-22-12-7-8-13-22)31(29(33)23-14-9-17-37-23)16-15-20-10-5-4-6-11-20/h4-6,9-11,14,17-19,22,26H,7-8,12-13,15-16H2,1-3H3,(H,30,32). The fourth-order valence-corrected chi connectivity index (χ4v) is 4.87. The molecule has 0 spiro atoms. The third-order valence-electron chi connectivity index (χ3n) is 6.74. The Balaban J connectivity index is 1.79. The van der Waals surface area contributed by atoms with E-state index in [9.17, 15) is 9.59 Å². The second-order valence-corrected chi connectivity index (χ2v) is 9.06. The molecule has 1 N–H and O–H groups in total. The van der Waals surface area contributed by atoms with Crippen LogP contribution in [0.1, 0.15) is 53.4 Å². The summed E-state index contributed by atoms with van der Waals surface area (Å²) < 4.78 is 22.1. The maximum atomic E-state index is 13.9. The first-order chi connectivity index (χ1) is 18.0. The number of hydrogen-bond acceptors (Lipinski definition) is 6. The van der Waals surface area contributed by atoms with Gasteiger partial charge in [0.1, 0.15) is 6.04 Å². The van der Waals surface area contributed by atoms with E-state index in [1.54, 1.807) is 29.2 Å². The minimum absolute atomic E-state index is 0.0757. The van der Waals surface area contributed by atoms with Crippen molar-refractivity contribution in [3.8, 4) is 17.2 Å². The molecule has 2 amide bonds.